The second kappa shape index (κ2) is 6.37. The van der Waals surface area contributed by atoms with Gasteiger partial charge in [-0.25, -0.2) is 4.79 Å². The Kier molecular flexibility index (Phi) is 4.29. The molecule has 1 atom stereocenters. The van der Waals surface area contributed by atoms with Gasteiger partial charge in [-0.15, -0.1) is 0 Å². The molecule has 0 aliphatic rings. The Morgan fingerprint density at radius 1 is 1.26 bits per heavy atom. The normalized spacial score (nSPS) is 12.8. The average Bonchev–Trinajstić information content (AvgIpc) is 3.14. The fourth-order valence-corrected chi connectivity index (χ4v) is 2.60. The number of methoxy groups -OCH3 is 1. The monoisotopic (exact) mass is 316 g/mol. The van der Waals surface area contributed by atoms with Crippen LogP contribution >= 0.6 is 0 Å². The third-order valence-corrected chi connectivity index (χ3v) is 3.87. The van der Waals surface area contributed by atoms with Crippen molar-refractivity contribution in [2.24, 2.45) is 0 Å². The van der Waals surface area contributed by atoms with Gasteiger partial charge in [0, 0.05) is 13.7 Å². The number of para-hydroxylation sites is 2. The molecule has 2 aromatic heterocycles. The molecule has 0 fully saturated rings. The molecule has 0 saturated heterocycles. The summed E-state index contributed by atoms with van der Waals surface area (Å²) in [5.74, 6) is 0.873. The molecule has 122 valence electrons. The summed E-state index contributed by atoms with van der Waals surface area (Å²) < 4.78 is 13.9. The van der Waals surface area contributed by atoms with Crippen molar-refractivity contribution in [3.05, 3.63) is 46.5 Å². The zero-order valence-electron chi connectivity index (χ0n) is 13.5. The van der Waals surface area contributed by atoms with Gasteiger partial charge in [-0.2, -0.15) is 4.98 Å². The number of rotatable bonds is 6. The van der Waals surface area contributed by atoms with Crippen molar-refractivity contribution in [1.82, 2.24) is 19.3 Å². The van der Waals surface area contributed by atoms with Gasteiger partial charge in [0.2, 0.25) is 5.89 Å². The van der Waals surface area contributed by atoms with Crippen molar-refractivity contribution in [1.29, 1.82) is 0 Å². The van der Waals surface area contributed by atoms with Crippen molar-refractivity contribution in [3.63, 3.8) is 0 Å². The van der Waals surface area contributed by atoms with E-state index in [-0.39, 0.29) is 18.3 Å². The molecule has 0 aliphatic heterocycles. The molecule has 23 heavy (non-hydrogen) atoms. The minimum atomic E-state index is -0.245. The molecule has 0 radical (unpaired) electrons. The number of benzene rings is 1. The highest BCUT2D eigenvalue weighted by Crippen LogP contribution is 2.16. The van der Waals surface area contributed by atoms with Gasteiger partial charge < -0.3 is 9.26 Å². The molecule has 1 unspecified atom stereocenters. The lowest BCUT2D eigenvalue weighted by atomic mass is 10.3. The summed E-state index contributed by atoms with van der Waals surface area (Å²) in [6, 6.07) is 7.73. The molecule has 3 aromatic rings. The van der Waals surface area contributed by atoms with Crippen molar-refractivity contribution in [3.8, 4) is 0 Å². The lowest BCUT2D eigenvalue weighted by Crippen LogP contribution is -2.24. The second-order valence-corrected chi connectivity index (χ2v) is 5.43. The van der Waals surface area contributed by atoms with E-state index in [1.807, 2.05) is 31.2 Å². The van der Waals surface area contributed by atoms with E-state index in [9.17, 15) is 4.79 Å². The summed E-state index contributed by atoms with van der Waals surface area (Å²) in [5.41, 5.74) is 1.72. The number of nitrogens with zero attached hydrogens (tertiary/aromatic N) is 4. The van der Waals surface area contributed by atoms with Gasteiger partial charge in [-0.3, -0.25) is 9.13 Å². The van der Waals surface area contributed by atoms with E-state index in [2.05, 4.69) is 17.1 Å². The fourth-order valence-electron chi connectivity index (χ4n) is 2.60. The van der Waals surface area contributed by atoms with Crippen LogP contribution in [-0.2, 0) is 17.8 Å². The molecule has 1 aromatic carbocycles. The smallest absolute Gasteiger partial charge is 0.329 e. The second-order valence-electron chi connectivity index (χ2n) is 5.43. The van der Waals surface area contributed by atoms with E-state index >= 15 is 0 Å². The topological polar surface area (TPSA) is 75.1 Å². The Bertz CT molecular complexity index is 862. The summed E-state index contributed by atoms with van der Waals surface area (Å²) in [6.07, 6.45) is 0.648. The van der Waals surface area contributed by atoms with Crippen molar-refractivity contribution in [2.45, 2.75) is 39.5 Å². The zero-order chi connectivity index (χ0) is 16.4. The maximum atomic E-state index is 12.7. The van der Waals surface area contributed by atoms with E-state index in [0.29, 0.717) is 18.3 Å². The molecule has 0 amide bonds. The van der Waals surface area contributed by atoms with Crippen LogP contribution in [0.15, 0.2) is 33.6 Å². The van der Waals surface area contributed by atoms with Crippen molar-refractivity contribution in [2.75, 3.05) is 7.11 Å². The maximum absolute atomic E-state index is 12.7. The third-order valence-electron chi connectivity index (χ3n) is 3.87. The Morgan fingerprint density at radius 2 is 1.96 bits per heavy atom. The van der Waals surface area contributed by atoms with Gasteiger partial charge in [0.15, 0.2) is 5.82 Å². The van der Waals surface area contributed by atoms with E-state index in [4.69, 9.17) is 9.26 Å². The lowest BCUT2D eigenvalue weighted by Gasteiger charge is -2.01. The van der Waals surface area contributed by atoms with Gasteiger partial charge in [0.05, 0.1) is 11.0 Å². The van der Waals surface area contributed by atoms with Crippen LogP contribution in [0.4, 0.5) is 0 Å². The molecule has 0 spiro atoms. The van der Waals surface area contributed by atoms with Crippen LogP contribution in [0.2, 0.25) is 0 Å². The van der Waals surface area contributed by atoms with Crippen molar-refractivity contribution >= 4 is 11.0 Å². The number of fused-ring (bicyclic) bond motifs is 1. The average molecular weight is 316 g/mol. The highest BCUT2D eigenvalue weighted by atomic mass is 16.5. The first-order chi connectivity index (χ1) is 11.2. The standard InChI is InChI=1S/C16H20N4O3/c1-4-9-19-12-7-5-6-8-13(12)20(16(19)21)10-14-17-15(18-23-14)11(2)22-3/h5-8,11H,4,9-10H2,1-3H3. The van der Waals surface area contributed by atoms with Crippen LogP contribution in [0, 0.1) is 0 Å². The Labute approximate surface area is 133 Å². The number of ether oxygens (including phenoxy) is 1. The molecule has 0 aliphatic carbocycles. The van der Waals surface area contributed by atoms with Crippen LogP contribution in [0.3, 0.4) is 0 Å². The quantitative estimate of drug-likeness (QED) is 0.698. The van der Waals surface area contributed by atoms with Crippen LogP contribution < -0.4 is 5.69 Å². The van der Waals surface area contributed by atoms with E-state index in [1.165, 1.54) is 0 Å². The largest absolute Gasteiger partial charge is 0.374 e. The van der Waals surface area contributed by atoms with Crippen LogP contribution in [0.1, 0.15) is 38.1 Å². The summed E-state index contributed by atoms with van der Waals surface area (Å²) in [6.45, 7) is 4.82. The predicted molar refractivity (Wildman–Crippen MR) is 85.3 cm³/mol. The summed E-state index contributed by atoms with van der Waals surface area (Å²) in [4.78, 5) is 17.0. The van der Waals surface area contributed by atoms with E-state index in [0.717, 1.165) is 17.5 Å². The molecular weight excluding hydrogens is 296 g/mol. The van der Waals surface area contributed by atoms with Gasteiger partial charge in [-0.05, 0) is 25.5 Å². The highest BCUT2D eigenvalue weighted by molar-refractivity contribution is 5.76. The summed E-state index contributed by atoms with van der Waals surface area (Å²) in [5, 5.41) is 3.90. The molecule has 0 bridgehead atoms. The van der Waals surface area contributed by atoms with Crippen LogP contribution in [0.25, 0.3) is 11.0 Å². The van der Waals surface area contributed by atoms with Crippen LogP contribution in [0.5, 0.6) is 0 Å². The first kappa shape index (κ1) is 15.5. The molecule has 0 saturated carbocycles. The van der Waals surface area contributed by atoms with Gasteiger partial charge >= 0.3 is 5.69 Å². The van der Waals surface area contributed by atoms with Gasteiger partial charge in [0.25, 0.3) is 0 Å². The van der Waals surface area contributed by atoms with Gasteiger partial charge in [0.1, 0.15) is 12.6 Å². The third kappa shape index (κ3) is 2.79. The van der Waals surface area contributed by atoms with E-state index < -0.39 is 0 Å². The Hall–Kier alpha value is -2.41. The molecule has 0 N–H and O–H groups in total. The summed E-state index contributed by atoms with van der Waals surface area (Å²) in [7, 11) is 1.59. The van der Waals surface area contributed by atoms with Crippen LogP contribution in [-0.4, -0.2) is 26.4 Å². The number of aromatic nitrogens is 4. The number of aryl methyl sites for hydroxylation is 1. The number of hydrogen-bond donors (Lipinski definition) is 0. The number of hydrogen-bond acceptors (Lipinski definition) is 5. The number of imidazole rings is 1. The Morgan fingerprint density at radius 3 is 2.61 bits per heavy atom. The zero-order valence-corrected chi connectivity index (χ0v) is 13.5. The highest BCUT2D eigenvalue weighted by Gasteiger charge is 2.17. The fraction of sp³-hybridized carbons (Fsp3) is 0.438. The SMILES string of the molecule is CCCn1c(=O)n(Cc2nc(C(C)OC)no2)c2ccccc21. The molecule has 2 heterocycles. The molecule has 7 nitrogen and oxygen atoms in total. The maximum Gasteiger partial charge on any atom is 0.329 e. The molecule has 7 heteroatoms. The van der Waals surface area contributed by atoms with Crippen molar-refractivity contribution < 1.29 is 9.26 Å². The minimum absolute atomic E-state index is 0.0624. The molecular formula is C16H20N4O3. The predicted octanol–water partition coefficient (Wildman–Crippen LogP) is 2.35. The lowest BCUT2D eigenvalue weighted by molar-refractivity contribution is 0.109. The Balaban J connectivity index is 2.01. The minimum Gasteiger partial charge on any atom is -0.374 e. The van der Waals surface area contributed by atoms with E-state index in [1.54, 1.807) is 16.2 Å². The molecule has 3 rings (SSSR count). The first-order valence-corrected chi connectivity index (χ1v) is 7.69. The first-order valence-electron chi connectivity index (χ1n) is 7.69. The van der Waals surface area contributed by atoms with Gasteiger partial charge in [-0.1, -0.05) is 24.2 Å². The summed E-state index contributed by atoms with van der Waals surface area (Å²) >= 11 is 0.